The van der Waals surface area contributed by atoms with Gasteiger partial charge in [-0.1, -0.05) is 0 Å². The van der Waals surface area contributed by atoms with Crippen LogP contribution in [0.25, 0.3) is 0 Å². The highest BCUT2D eigenvalue weighted by molar-refractivity contribution is 9.10. The Morgan fingerprint density at radius 2 is 2.14 bits per heavy atom. The van der Waals surface area contributed by atoms with Crippen molar-refractivity contribution in [3.63, 3.8) is 0 Å². The summed E-state index contributed by atoms with van der Waals surface area (Å²) < 4.78 is 29.8. The van der Waals surface area contributed by atoms with Crippen molar-refractivity contribution in [2.45, 2.75) is 18.7 Å². The van der Waals surface area contributed by atoms with Crippen LogP contribution in [-0.2, 0) is 17.1 Å². The molecule has 0 aliphatic carbocycles. The van der Waals surface area contributed by atoms with E-state index >= 15 is 0 Å². The molecule has 0 saturated heterocycles. The molecule has 21 heavy (non-hydrogen) atoms. The number of nitrogens with zero attached hydrogens (tertiary/aromatic N) is 3. The van der Waals surface area contributed by atoms with Crippen molar-refractivity contribution < 1.29 is 8.42 Å². The molecule has 9 heteroatoms. The molecule has 0 unspecified atom stereocenters. The van der Waals surface area contributed by atoms with Gasteiger partial charge >= 0.3 is 0 Å². The van der Waals surface area contributed by atoms with E-state index in [1.807, 2.05) is 6.92 Å². The van der Waals surface area contributed by atoms with E-state index in [1.54, 1.807) is 31.0 Å². The zero-order valence-corrected chi connectivity index (χ0v) is 14.3. The van der Waals surface area contributed by atoms with E-state index in [2.05, 4.69) is 36.1 Å². The molecule has 2 rings (SSSR count). The number of nitrogens with one attached hydrogen (secondary N) is 2. The second-order valence-electron chi connectivity index (χ2n) is 4.44. The van der Waals surface area contributed by atoms with E-state index in [-0.39, 0.29) is 4.90 Å². The molecule has 114 valence electrons. The molecule has 2 aromatic rings. The molecule has 0 amide bonds. The van der Waals surface area contributed by atoms with Gasteiger partial charge in [-0.25, -0.2) is 13.4 Å². The molecule has 2 N–H and O–H groups in total. The van der Waals surface area contributed by atoms with E-state index < -0.39 is 10.0 Å². The van der Waals surface area contributed by atoms with Crippen LogP contribution in [0.1, 0.15) is 12.6 Å². The van der Waals surface area contributed by atoms with Crippen molar-refractivity contribution in [3.8, 4) is 0 Å². The van der Waals surface area contributed by atoms with Crippen molar-refractivity contribution in [1.82, 2.24) is 14.8 Å². The van der Waals surface area contributed by atoms with Crippen molar-refractivity contribution in [1.29, 1.82) is 0 Å². The lowest BCUT2D eigenvalue weighted by Crippen LogP contribution is -2.16. The van der Waals surface area contributed by atoms with Gasteiger partial charge in [-0.05, 0) is 35.8 Å². The van der Waals surface area contributed by atoms with Crippen LogP contribution in [0.4, 0.5) is 11.5 Å². The first-order valence-corrected chi connectivity index (χ1v) is 8.53. The van der Waals surface area contributed by atoms with Crippen LogP contribution in [0.5, 0.6) is 0 Å². The smallest absolute Gasteiger partial charge is 0.265 e. The number of aromatic nitrogens is 3. The van der Waals surface area contributed by atoms with Gasteiger partial charge in [-0.3, -0.25) is 9.40 Å². The largest absolute Gasteiger partial charge is 0.369 e. The van der Waals surface area contributed by atoms with Crippen LogP contribution in [0.15, 0.2) is 27.8 Å². The molecule has 0 fully saturated rings. The lowest BCUT2D eigenvalue weighted by Gasteiger charge is -2.12. The molecule has 0 aromatic carbocycles. The molecule has 0 spiro atoms. The number of hydrogen-bond donors (Lipinski definition) is 2. The zero-order chi connectivity index (χ0) is 15.6. The summed E-state index contributed by atoms with van der Waals surface area (Å²) in [5.41, 5.74) is 1.05. The number of aryl methyl sites for hydroxylation is 2. The van der Waals surface area contributed by atoms with E-state index in [4.69, 9.17) is 0 Å². The topological polar surface area (TPSA) is 88.9 Å². The molecule has 7 nitrogen and oxygen atoms in total. The third-order valence-electron chi connectivity index (χ3n) is 2.71. The minimum absolute atomic E-state index is 0.0852. The molecule has 0 bridgehead atoms. The summed E-state index contributed by atoms with van der Waals surface area (Å²) in [7, 11) is -2.02. The third-order valence-corrected chi connectivity index (χ3v) is 4.52. The summed E-state index contributed by atoms with van der Waals surface area (Å²) in [5.74, 6) is 0.315. The summed E-state index contributed by atoms with van der Waals surface area (Å²) in [4.78, 5) is 4.19. The van der Waals surface area contributed by atoms with Crippen LogP contribution < -0.4 is 10.0 Å². The summed E-state index contributed by atoms with van der Waals surface area (Å²) in [6.45, 7) is 4.18. The van der Waals surface area contributed by atoms with Crippen molar-refractivity contribution in [3.05, 3.63) is 28.6 Å². The average Bonchev–Trinajstić information content (AvgIpc) is 2.69. The van der Waals surface area contributed by atoms with Gasteiger partial charge in [0.25, 0.3) is 10.0 Å². The molecule has 0 radical (unpaired) electrons. The maximum Gasteiger partial charge on any atom is 0.265 e. The van der Waals surface area contributed by atoms with E-state index in [9.17, 15) is 8.42 Å². The Hall–Kier alpha value is -1.61. The normalized spacial score (nSPS) is 11.4. The Bertz CT molecular complexity index is 757. The Balaban J connectivity index is 2.44. The fourth-order valence-corrected chi connectivity index (χ4v) is 3.57. The summed E-state index contributed by atoms with van der Waals surface area (Å²) in [6.07, 6.45) is 3.16. The molecule has 0 atom stereocenters. The zero-order valence-electron chi connectivity index (χ0n) is 11.9. The average molecular weight is 374 g/mol. The lowest BCUT2D eigenvalue weighted by atomic mass is 10.4. The van der Waals surface area contributed by atoms with E-state index in [0.717, 1.165) is 0 Å². The van der Waals surface area contributed by atoms with Gasteiger partial charge in [-0.2, -0.15) is 5.10 Å². The van der Waals surface area contributed by atoms with Crippen LogP contribution in [0, 0.1) is 6.92 Å². The molecule has 2 heterocycles. The number of pyridine rings is 1. The van der Waals surface area contributed by atoms with Crippen molar-refractivity contribution in [2.24, 2.45) is 7.05 Å². The van der Waals surface area contributed by atoms with Crippen LogP contribution >= 0.6 is 15.9 Å². The first-order chi connectivity index (χ1) is 9.83. The summed E-state index contributed by atoms with van der Waals surface area (Å²) in [5, 5.41) is 7.06. The van der Waals surface area contributed by atoms with Gasteiger partial charge in [0.2, 0.25) is 0 Å². The molecular weight excluding hydrogens is 358 g/mol. The molecule has 2 aromatic heterocycles. The Labute approximate surface area is 132 Å². The highest BCUT2D eigenvalue weighted by atomic mass is 79.9. The second-order valence-corrected chi connectivity index (χ2v) is 7.00. The first kappa shape index (κ1) is 15.8. The number of hydrogen-bond acceptors (Lipinski definition) is 5. The first-order valence-electron chi connectivity index (χ1n) is 6.26. The Kier molecular flexibility index (Phi) is 4.52. The predicted molar refractivity (Wildman–Crippen MR) is 84.9 cm³/mol. The standard InChI is InChI=1S/C12H16BrN5O2S/c1-4-14-12-11(5-9(13)6-15-12)21(19,20)17-10-7-18(3)16-8(10)2/h5-7,17H,4H2,1-3H3,(H,14,15). The van der Waals surface area contributed by atoms with Gasteiger partial charge in [0.15, 0.2) is 0 Å². The fourth-order valence-electron chi connectivity index (χ4n) is 1.83. The number of anilines is 2. The summed E-state index contributed by atoms with van der Waals surface area (Å²) >= 11 is 3.24. The maximum absolute atomic E-state index is 12.6. The van der Waals surface area contributed by atoms with E-state index in [0.29, 0.717) is 28.2 Å². The summed E-state index contributed by atoms with van der Waals surface area (Å²) in [6, 6.07) is 1.51. The molecule has 0 aliphatic heterocycles. The minimum atomic E-state index is -3.76. The fraction of sp³-hybridized carbons (Fsp3) is 0.333. The predicted octanol–water partition coefficient (Wildman–Crippen LogP) is 2.12. The third kappa shape index (κ3) is 3.53. The van der Waals surface area contributed by atoms with Gasteiger partial charge in [0.1, 0.15) is 10.7 Å². The van der Waals surface area contributed by atoms with E-state index in [1.165, 1.54) is 6.07 Å². The quantitative estimate of drug-likeness (QED) is 0.837. The lowest BCUT2D eigenvalue weighted by molar-refractivity contribution is 0.601. The molecule has 0 saturated carbocycles. The minimum Gasteiger partial charge on any atom is -0.369 e. The number of rotatable bonds is 5. The van der Waals surface area contributed by atoms with Gasteiger partial charge < -0.3 is 5.32 Å². The SMILES string of the molecule is CCNc1ncc(Br)cc1S(=O)(=O)Nc1cn(C)nc1C. The van der Waals surface area contributed by atoms with Crippen LogP contribution in [-0.4, -0.2) is 29.7 Å². The number of halogens is 1. The monoisotopic (exact) mass is 373 g/mol. The van der Waals surface area contributed by atoms with Gasteiger partial charge in [0.05, 0.1) is 11.4 Å². The Morgan fingerprint density at radius 1 is 1.43 bits per heavy atom. The molecule has 0 aliphatic rings. The highest BCUT2D eigenvalue weighted by Crippen LogP contribution is 2.25. The number of sulfonamides is 1. The highest BCUT2D eigenvalue weighted by Gasteiger charge is 2.22. The van der Waals surface area contributed by atoms with Crippen molar-refractivity contribution in [2.75, 3.05) is 16.6 Å². The van der Waals surface area contributed by atoms with Crippen LogP contribution in [0.3, 0.4) is 0 Å². The molecular formula is C12H16BrN5O2S. The second kappa shape index (κ2) is 6.02. The van der Waals surface area contributed by atoms with Crippen molar-refractivity contribution >= 4 is 37.5 Å². The van der Waals surface area contributed by atoms with Gasteiger partial charge in [0, 0.05) is 30.5 Å². The Morgan fingerprint density at radius 3 is 2.71 bits per heavy atom. The maximum atomic E-state index is 12.6. The van der Waals surface area contributed by atoms with Gasteiger partial charge in [-0.15, -0.1) is 0 Å². The van der Waals surface area contributed by atoms with Crippen LogP contribution in [0.2, 0.25) is 0 Å².